The molecule has 0 unspecified atom stereocenters. The number of halogens is 1. The molecule has 0 amide bonds. The van der Waals surface area contributed by atoms with E-state index in [0.29, 0.717) is 17.9 Å². The summed E-state index contributed by atoms with van der Waals surface area (Å²) in [7, 11) is 0. The second kappa shape index (κ2) is 8.66. The van der Waals surface area contributed by atoms with Crippen molar-refractivity contribution in [3.05, 3.63) is 98.6 Å². The van der Waals surface area contributed by atoms with E-state index in [9.17, 15) is 4.79 Å². The summed E-state index contributed by atoms with van der Waals surface area (Å²) in [5, 5.41) is 3.53. The van der Waals surface area contributed by atoms with Crippen molar-refractivity contribution in [1.29, 1.82) is 0 Å². The van der Waals surface area contributed by atoms with Crippen LogP contribution in [0.4, 0.5) is 11.4 Å². The molecule has 3 heterocycles. The summed E-state index contributed by atoms with van der Waals surface area (Å²) >= 11 is 0. The molecule has 0 bridgehead atoms. The van der Waals surface area contributed by atoms with Crippen molar-refractivity contribution in [1.82, 2.24) is 14.0 Å². The van der Waals surface area contributed by atoms with E-state index in [0.717, 1.165) is 22.7 Å². The molecule has 0 atom stereocenters. The van der Waals surface area contributed by atoms with Crippen molar-refractivity contribution < 1.29 is 0 Å². The molecule has 0 saturated heterocycles. The minimum atomic E-state index is -0.238. The standard InChI is InChI=1S/C24H23N5O.ClH/c1-15-7-6-8-16(2)21(15)13-26-22-12-20(14-29-18(4)17(3)27-24(22)29)28-10-9-19(25-5)11-23(28)30;/h6-12,14,26H,13H2,1-4H3;1H. The summed E-state index contributed by atoms with van der Waals surface area (Å²) in [6.45, 7) is 16.0. The minimum absolute atomic E-state index is 0. The van der Waals surface area contributed by atoms with Gasteiger partial charge >= 0.3 is 0 Å². The molecular formula is C24H24ClN5O. The number of rotatable bonds is 4. The Bertz CT molecular complexity index is 1360. The van der Waals surface area contributed by atoms with Gasteiger partial charge in [0.15, 0.2) is 11.3 Å². The Labute approximate surface area is 187 Å². The zero-order chi connectivity index (χ0) is 21.4. The average molecular weight is 434 g/mol. The van der Waals surface area contributed by atoms with Gasteiger partial charge in [-0.05, 0) is 56.5 Å². The Morgan fingerprint density at radius 1 is 1.10 bits per heavy atom. The highest BCUT2D eigenvalue weighted by Crippen LogP contribution is 2.25. The Hall–Kier alpha value is -3.56. The van der Waals surface area contributed by atoms with E-state index in [4.69, 9.17) is 11.6 Å². The van der Waals surface area contributed by atoms with Crippen molar-refractivity contribution in [3.63, 3.8) is 0 Å². The van der Waals surface area contributed by atoms with Crippen LogP contribution in [0, 0.1) is 34.3 Å². The summed E-state index contributed by atoms with van der Waals surface area (Å²) in [4.78, 5) is 20.6. The second-order valence-electron chi connectivity index (χ2n) is 7.52. The molecule has 6 nitrogen and oxygen atoms in total. The van der Waals surface area contributed by atoms with Crippen molar-refractivity contribution >= 4 is 29.4 Å². The van der Waals surface area contributed by atoms with Gasteiger partial charge in [0.25, 0.3) is 0 Å². The molecule has 1 N–H and O–H groups in total. The van der Waals surface area contributed by atoms with Crippen LogP contribution in [0.1, 0.15) is 28.1 Å². The number of hydrogen-bond donors (Lipinski definition) is 1. The van der Waals surface area contributed by atoms with Crippen LogP contribution in [0.2, 0.25) is 0 Å². The first-order chi connectivity index (χ1) is 14.4. The number of hydrogen-bond acceptors (Lipinski definition) is 3. The number of fused-ring (bicyclic) bond motifs is 1. The maximum absolute atomic E-state index is 12.6. The highest BCUT2D eigenvalue weighted by atomic mass is 35.5. The van der Waals surface area contributed by atoms with Gasteiger partial charge in [-0.3, -0.25) is 9.36 Å². The van der Waals surface area contributed by atoms with Crippen LogP contribution in [0.3, 0.4) is 0 Å². The number of nitrogens with zero attached hydrogens (tertiary/aromatic N) is 4. The average Bonchev–Trinajstić information content (AvgIpc) is 3.01. The highest BCUT2D eigenvalue weighted by molar-refractivity contribution is 5.85. The molecule has 0 aliphatic rings. The third kappa shape index (κ3) is 4.05. The third-order valence-electron chi connectivity index (χ3n) is 5.59. The number of benzene rings is 1. The Morgan fingerprint density at radius 2 is 1.81 bits per heavy atom. The van der Waals surface area contributed by atoms with Gasteiger partial charge in [0, 0.05) is 30.7 Å². The molecule has 1 aromatic carbocycles. The molecule has 7 heteroatoms. The molecule has 0 fully saturated rings. The molecule has 0 aliphatic heterocycles. The van der Waals surface area contributed by atoms with E-state index in [1.165, 1.54) is 22.8 Å². The molecule has 0 radical (unpaired) electrons. The van der Waals surface area contributed by atoms with E-state index in [1.807, 2.05) is 30.5 Å². The summed E-state index contributed by atoms with van der Waals surface area (Å²) in [6.07, 6.45) is 3.55. The Morgan fingerprint density at radius 3 is 2.45 bits per heavy atom. The van der Waals surface area contributed by atoms with Crippen LogP contribution in [-0.2, 0) is 6.54 Å². The molecule has 0 aliphatic carbocycles. The molecule has 4 aromatic rings. The van der Waals surface area contributed by atoms with E-state index in [-0.39, 0.29) is 18.0 Å². The lowest BCUT2D eigenvalue weighted by atomic mass is 10.0. The number of aromatic nitrogens is 3. The summed E-state index contributed by atoms with van der Waals surface area (Å²) < 4.78 is 3.56. The van der Waals surface area contributed by atoms with Crippen LogP contribution in [0.25, 0.3) is 16.2 Å². The van der Waals surface area contributed by atoms with E-state index in [2.05, 4.69) is 42.2 Å². The monoisotopic (exact) mass is 433 g/mol. The number of imidazole rings is 1. The molecule has 0 saturated carbocycles. The predicted octanol–water partition coefficient (Wildman–Crippen LogP) is 5.30. The van der Waals surface area contributed by atoms with Gasteiger partial charge in [0.1, 0.15) is 0 Å². The quantitative estimate of drug-likeness (QED) is 0.444. The van der Waals surface area contributed by atoms with Gasteiger partial charge < -0.3 is 9.72 Å². The number of aryl methyl sites for hydroxylation is 4. The van der Waals surface area contributed by atoms with Gasteiger partial charge in [-0.15, -0.1) is 12.4 Å². The molecule has 4 rings (SSSR count). The lowest BCUT2D eigenvalue weighted by molar-refractivity contribution is 0.961. The minimum Gasteiger partial charge on any atom is -0.378 e. The van der Waals surface area contributed by atoms with E-state index in [1.54, 1.807) is 16.8 Å². The van der Waals surface area contributed by atoms with E-state index >= 15 is 0 Å². The van der Waals surface area contributed by atoms with Gasteiger partial charge in [-0.1, -0.05) is 18.2 Å². The Kier molecular flexibility index (Phi) is 6.19. The predicted molar refractivity (Wildman–Crippen MR) is 127 cm³/mol. The Balaban J connectivity index is 0.00000272. The van der Waals surface area contributed by atoms with Crippen molar-refractivity contribution in [3.8, 4) is 5.69 Å². The lowest BCUT2D eigenvalue weighted by Gasteiger charge is -2.15. The topological polar surface area (TPSA) is 55.7 Å². The smallest absolute Gasteiger partial charge is 0.244 e. The van der Waals surface area contributed by atoms with Gasteiger partial charge in [0.2, 0.25) is 5.56 Å². The zero-order valence-corrected chi connectivity index (χ0v) is 18.7. The number of nitrogens with one attached hydrogen (secondary N) is 1. The summed E-state index contributed by atoms with van der Waals surface area (Å²) in [5.74, 6) is 0. The fourth-order valence-electron chi connectivity index (χ4n) is 3.68. The van der Waals surface area contributed by atoms with Crippen molar-refractivity contribution in [2.45, 2.75) is 34.2 Å². The fraction of sp³-hybridized carbons (Fsp3) is 0.208. The van der Waals surface area contributed by atoms with Crippen molar-refractivity contribution in [2.75, 3.05) is 5.32 Å². The third-order valence-corrected chi connectivity index (χ3v) is 5.59. The van der Waals surface area contributed by atoms with Crippen LogP contribution in [0.15, 0.2) is 53.6 Å². The molecular weight excluding hydrogens is 410 g/mol. The first-order valence-electron chi connectivity index (χ1n) is 9.78. The van der Waals surface area contributed by atoms with Crippen molar-refractivity contribution in [2.24, 2.45) is 0 Å². The van der Waals surface area contributed by atoms with Gasteiger partial charge in [-0.2, -0.15) is 0 Å². The number of anilines is 1. The largest absolute Gasteiger partial charge is 0.378 e. The second-order valence-corrected chi connectivity index (χ2v) is 7.52. The maximum Gasteiger partial charge on any atom is 0.244 e. The molecule has 3 aromatic heterocycles. The first kappa shape index (κ1) is 22.1. The number of pyridine rings is 2. The maximum atomic E-state index is 12.6. The lowest BCUT2D eigenvalue weighted by Crippen LogP contribution is -2.17. The summed E-state index contributed by atoms with van der Waals surface area (Å²) in [5.41, 5.74) is 8.17. The van der Waals surface area contributed by atoms with Crippen LogP contribution in [-0.4, -0.2) is 14.0 Å². The fourth-order valence-corrected chi connectivity index (χ4v) is 3.68. The van der Waals surface area contributed by atoms with Gasteiger partial charge in [0.05, 0.1) is 23.6 Å². The molecule has 0 spiro atoms. The first-order valence-corrected chi connectivity index (χ1v) is 9.78. The SMILES string of the molecule is Cl.[C-]#[N+]c1ccn(-c2cc(NCc3c(C)cccc3C)c3nc(C)c(C)n3c2)c(=O)c1. The van der Waals surface area contributed by atoms with Crippen LogP contribution >= 0.6 is 12.4 Å². The van der Waals surface area contributed by atoms with E-state index < -0.39 is 0 Å². The highest BCUT2D eigenvalue weighted by Gasteiger charge is 2.13. The molecule has 158 valence electrons. The van der Waals surface area contributed by atoms with Crippen LogP contribution in [0.5, 0.6) is 0 Å². The van der Waals surface area contributed by atoms with Crippen LogP contribution < -0.4 is 10.9 Å². The molecule has 31 heavy (non-hydrogen) atoms. The van der Waals surface area contributed by atoms with Gasteiger partial charge in [-0.25, -0.2) is 9.83 Å². The normalized spacial score (nSPS) is 10.5. The zero-order valence-electron chi connectivity index (χ0n) is 17.9. The summed E-state index contributed by atoms with van der Waals surface area (Å²) in [6, 6.07) is 11.2.